The molecule has 3 heteroatoms. The quantitative estimate of drug-likeness (QED) is 0.889. The number of benzene rings is 1. The first-order chi connectivity index (χ1) is 8.59. The van der Waals surface area contributed by atoms with Crippen molar-refractivity contribution in [3.63, 3.8) is 0 Å². The molecule has 0 aromatic heterocycles. The van der Waals surface area contributed by atoms with Gasteiger partial charge in [0.25, 0.3) is 0 Å². The molecule has 0 aliphatic carbocycles. The van der Waals surface area contributed by atoms with Crippen molar-refractivity contribution in [3.8, 4) is 0 Å². The molecule has 0 bridgehead atoms. The monoisotopic (exact) mass is 246 g/mol. The number of rotatable bonds is 3. The number of nitrogens with zero attached hydrogens (tertiary/aromatic N) is 1. The number of carbonyl (C=O) groups excluding carboxylic acids is 1. The van der Waals surface area contributed by atoms with Gasteiger partial charge in [0.2, 0.25) is 5.91 Å². The lowest BCUT2D eigenvalue weighted by Crippen LogP contribution is -2.36. The van der Waals surface area contributed by atoms with Crippen molar-refractivity contribution >= 4 is 11.6 Å². The summed E-state index contributed by atoms with van der Waals surface area (Å²) in [7, 11) is 1.91. The molecule has 2 rings (SSSR count). The fourth-order valence-electron chi connectivity index (χ4n) is 2.63. The minimum absolute atomic E-state index is 0.0196. The number of amides is 1. The first-order valence-electron chi connectivity index (χ1n) is 6.67. The van der Waals surface area contributed by atoms with Crippen molar-refractivity contribution < 1.29 is 4.79 Å². The van der Waals surface area contributed by atoms with Crippen LogP contribution in [0.3, 0.4) is 0 Å². The highest BCUT2D eigenvalue weighted by Crippen LogP contribution is 2.32. The molecule has 1 amide bonds. The molecule has 0 saturated heterocycles. The maximum Gasteiger partial charge on any atom is 0.230 e. The lowest BCUT2D eigenvalue weighted by Gasteiger charge is -2.30. The van der Waals surface area contributed by atoms with Gasteiger partial charge in [-0.3, -0.25) is 4.79 Å². The minimum Gasteiger partial charge on any atom is -0.385 e. The largest absolute Gasteiger partial charge is 0.385 e. The molecule has 1 aromatic carbocycles. The molecule has 1 N–H and O–H groups in total. The maximum absolute atomic E-state index is 12.5. The van der Waals surface area contributed by atoms with Gasteiger partial charge in [-0.05, 0) is 24.0 Å². The van der Waals surface area contributed by atoms with Gasteiger partial charge >= 0.3 is 0 Å². The van der Waals surface area contributed by atoms with Crippen LogP contribution in [0.4, 0.5) is 5.69 Å². The van der Waals surface area contributed by atoms with Crippen molar-refractivity contribution in [1.29, 1.82) is 0 Å². The van der Waals surface area contributed by atoms with E-state index in [1.165, 1.54) is 0 Å². The highest BCUT2D eigenvalue weighted by molar-refractivity contribution is 5.86. The zero-order valence-electron chi connectivity index (χ0n) is 11.4. The summed E-state index contributed by atoms with van der Waals surface area (Å²) in [6.45, 7) is 5.98. The third-order valence-corrected chi connectivity index (χ3v) is 3.40. The summed E-state index contributed by atoms with van der Waals surface area (Å²) in [6.07, 6.45) is 0.887. The van der Waals surface area contributed by atoms with Crippen LogP contribution < -0.4 is 5.32 Å². The maximum atomic E-state index is 12.5. The Morgan fingerprint density at radius 2 is 2.17 bits per heavy atom. The van der Waals surface area contributed by atoms with Crippen LogP contribution in [-0.4, -0.2) is 30.9 Å². The molecule has 1 unspecified atom stereocenters. The Morgan fingerprint density at radius 1 is 1.44 bits per heavy atom. The number of hydrogen-bond acceptors (Lipinski definition) is 2. The Balaban J connectivity index is 2.17. The highest BCUT2D eigenvalue weighted by atomic mass is 16.2. The zero-order valence-corrected chi connectivity index (χ0v) is 11.4. The van der Waals surface area contributed by atoms with Crippen LogP contribution in [0.5, 0.6) is 0 Å². The fourth-order valence-corrected chi connectivity index (χ4v) is 2.63. The zero-order chi connectivity index (χ0) is 13.1. The summed E-state index contributed by atoms with van der Waals surface area (Å²) in [6, 6.07) is 8.13. The second-order valence-electron chi connectivity index (χ2n) is 5.47. The lowest BCUT2D eigenvalue weighted by molar-refractivity contribution is -0.132. The first-order valence-corrected chi connectivity index (χ1v) is 6.67. The Labute approximate surface area is 109 Å². The third kappa shape index (κ3) is 2.66. The molecule has 3 nitrogen and oxygen atoms in total. The van der Waals surface area contributed by atoms with Gasteiger partial charge in [-0.15, -0.1) is 0 Å². The molecule has 0 fully saturated rings. The summed E-state index contributed by atoms with van der Waals surface area (Å²) in [4.78, 5) is 14.4. The standard InChI is InChI=1S/C15H22N2O/c1-11(2)10-17(3)15(18)13-8-9-16-14-7-5-4-6-12(13)14/h4-7,11,13,16H,8-10H2,1-3H3. The van der Waals surface area contributed by atoms with Gasteiger partial charge in [-0.2, -0.15) is 0 Å². The van der Waals surface area contributed by atoms with Crippen LogP contribution in [0, 0.1) is 5.92 Å². The van der Waals surface area contributed by atoms with Gasteiger partial charge in [0, 0.05) is 25.8 Å². The fraction of sp³-hybridized carbons (Fsp3) is 0.533. The van der Waals surface area contributed by atoms with Crippen molar-refractivity contribution in [2.45, 2.75) is 26.2 Å². The summed E-state index contributed by atoms with van der Waals surface area (Å²) < 4.78 is 0. The molecule has 1 aliphatic heterocycles. The van der Waals surface area contributed by atoms with E-state index in [-0.39, 0.29) is 11.8 Å². The summed E-state index contributed by atoms with van der Waals surface area (Å²) in [5.74, 6) is 0.778. The van der Waals surface area contributed by atoms with Gasteiger partial charge < -0.3 is 10.2 Å². The number of para-hydroxylation sites is 1. The normalized spacial score (nSPS) is 18.1. The van der Waals surface area contributed by atoms with Crippen molar-refractivity contribution in [2.24, 2.45) is 5.92 Å². The van der Waals surface area contributed by atoms with Gasteiger partial charge in [-0.25, -0.2) is 0 Å². The Morgan fingerprint density at radius 3 is 2.89 bits per heavy atom. The van der Waals surface area contributed by atoms with E-state index in [1.807, 2.05) is 24.1 Å². The molecule has 1 atom stereocenters. The molecule has 1 heterocycles. The smallest absolute Gasteiger partial charge is 0.230 e. The van der Waals surface area contributed by atoms with Gasteiger partial charge in [0.05, 0.1) is 5.92 Å². The van der Waals surface area contributed by atoms with E-state index in [0.29, 0.717) is 5.92 Å². The van der Waals surface area contributed by atoms with E-state index in [2.05, 4.69) is 31.3 Å². The summed E-state index contributed by atoms with van der Waals surface area (Å²) in [5.41, 5.74) is 2.25. The Kier molecular flexibility index (Phi) is 3.90. The van der Waals surface area contributed by atoms with Crippen molar-refractivity contribution in [1.82, 2.24) is 4.90 Å². The lowest BCUT2D eigenvalue weighted by atomic mass is 9.89. The topological polar surface area (TPSA) is 32.3 Å². The number of fused-ring (bicyclic) bond motifs is 1. The molecular weight excluding hydrogens is 224 g/mol. The third-order valence-electron chi connectivity index (χ3n) is 3.40. The number of carbonyl (C=O) groups is 1. The van der Waals surface area contributed by atoms with Crippen LogP contribution in [0.1, 0.15) is 31.7 Å². The predicted molar refractivity (Wildman–Crippen MR) is 74.8 cm³/mol. The number of hydrogen-bond donors (Lipinski definition) is 1. The first kappa shape index (κ1) is 12.9. The van der Waals surface area contributed by atoms with Crippen LogP contribution in [0.25, 0.3) is 0 Å². The van der Waals surface area contributed by atoms with Crippen molar-refractivity contribution in [3.05, 3.63) is 29.8 Å². The van der Waals surface area contributed by atoms with Crippen LogP contribution in [0.2, 0.25) is 0 Å². The van der Waals surface area contributed by atoms with Crippen LogP contribution in [0.15, 0.2) is 24.3 Å². The van der Waals surface area contributed by atoms with E-state index in [1.54, 1.807) is 0 Å². The van der Waals surface area contributed by atoms with E-state index in [9.17, 15) is 4.79 Å². The van der Waals surface area contributed by atoms with E-state index < -0.39 is 0 Å². The van der Waals surface area contributed by atoms with Crippen molar-refractivity contribution in [2.75, 3.05) is 25.5 Å². The van der Waals surface area contributed by atoms with Gasteiger partial charge in [-0.1, -0.05) is 32.0 Å². The molecular formula is C15H22N2O. The molecule has 0 saturated carbocycles. The van der Waals surface area contributed by atoms with Gasteiger partial charge in [0.1, 0.15) is 0 Å². The van der Waals surface area contributed by atoms with E-state index >= 15 is 0 Å². The average Bonchev–Trinajstić information content (AvgIpc) is 2.36. The molecule has 98 valence electrons. The van der Waals surface area contributed by atoms with Crippen LogP contribution in [-0.2, 0) is 4.79 Å². The van der Waals surface area contributed by atoms with E-state index in [0.717, 1.165) is 30.8 Å². The highest BCUT2D eigenvalue weighted by Gasteiger charge is 2.28. The SMILES string of the molecule is CC(C)CN(C)C(=O)C1CCNc2ccccc21. The Hall–Kier alpha value is -1.51. The molecule has 18 heavy (non-hydrogen) atoms. The second kappa shape index (κ2) is 5.42. The summed E-state index contributed by atoms with van der Waals surface area (Å²) in [5, 5.41) is 3.36. The van der Waals surface area contributed by atoms with Gasteiger partial charge in [0.15, 0.2) is 0 Å². The predicted octanol–water partition coefficient (Wildman–Crippen LogP) is 2.70. The van der Waals surface area contributed by atoms with E-state index in [4.69, 9.17) is 0 Å². The minimum atomic E-state index is 0.0196. The number of nitrogens with one attached hydrogen (secondary N) is 1. The molecule has 1 aliphatic rings. The average molecular weight is 246 g/mol. The molecule has 1 aromatic rings. The molecule has 0 radical (unpaired) electrons. The van der Waals surface area contributed by atoms with Crippen LogP contribution >= 0.6 is 0 Å². The Bertz CT molecular complexity index is 428. The number of anilines is 1. The number of likely N-dealkylation sites (N-methyl/N-ethyl adjacent to an activating group) is 1. The summed E-state index contributed by atoms with van der Waals surface area (Å²) >= 11 is 0. The second-order valence-corrected chi connectivity index (χ2v) is 5.47. The molecule has 0 spiro atoms.